The molecule has 2 aliphatic heterocycles. The highest BCUT2D eigenvalue weighted by molar-refractivity contribution is 6.30. The van der Waals surface area contributed by atoms with Crippen molar-refractivity contribution in [3.05, 3.63) is 68.7 Å². The SMILES string of the molecule is O=C(c1ccc(N2CCCC2)c([N+](=O)[O-])c1)N1CCCN(Cc2ccc(Cl)cc2)CC1. The minimum absolute atomic E-state index is 0.0203. The number of hydrogen-bond acceptors (Lipinski definition) is 5. The van der Waals surface area contributed by atoms with Gasteiger partial charge in [-0.15, -0.1) is 0 Å². The summed E-state index contributed by atoms with van der Waals surface area (Å²) < 4.78 is 0. The van der Waals surface area contributed by atoms with Gasteiger partial charge in [0.25, 0.3) is 11.6 Å². The van der Waals surface area contributed by atoms with Crippen LogP contribution in [0.15, 0.2) is 42.5 Å². The smallest absolute Gasteiger partial charge is 0.293 e. The van der Waals surface area contributed by atoms with Gasteiger partial charge in [0.2, 0.25) is 0 Å². The molecule has 8 heteroatoms. The Morgan fingerprint density at radius 1 is 0.935 bits per heavy atom. The van der Waals surface area contributed by atoms with Crippen LogP contribution in [0.25, 0.3) is 0 Å². The van der Waals surface area contributed by atoms with E-state index in [9.17, 15) is 14.9 Å². The average molecular weight is 443 g/mol. The normalized spacial score (nSPS) is 17.6. The number of carbonyl (C=O) groups excluding carboxylic acids is 1. The lowest BCUT2D eigenvalue weighted by Gasteiger charge is -2.23. The van der Waals surface area contributed by atoms with E-state index in [1.807, 2.05) is 34.1 Å². The van der Waals surface area contributed by atoms with Crippen molar-refractivity contribution in [3.63, 3.8) is 0 Å². The van der Waals surface area contributed by atoms with Gasteiger partial charge in [-0.2, -0.15) is 0 Å². The number of benzene rings is 2. The van der Waals surface area contributed by atoms with Crippen LogP contribution in [0.4, 0.5) is 11.4 Å². The zero-order chi connectivity index (χ0) is 21.8. The molecule has 2 aromatic carbocycles. The average Bonchev–Trinajstić information content (AvgIpc) is 3.21. The number of nitro groups is 1. The number of carbonyl (C=O) groups is 1. The van der Waals surface area contributed by atoms with Crippen molar-refractivity contribution in [2.45, 2.75) is 25.8 Å². The Balaban J connectivity index is 1.43. The van der Waals surface area contributed by atoms with Crippen LogP contribution in [-0.2, 0) is 6.54 Å². The monoisotopic (exact) mass is 442 g/mol. The Morgan fingerprint density at radius 2 is 1.68 bits per heavy atom. The van der Waals surface area contributed by atoms with Crippen LogP contribution in [0.5, 0.6) is 0 Å². The molecule has 2 saturated heterocycles. The first kappa shape index (κ1) is 21.6. The van der Waals surface area contributed by atoms with Crippen LogP contribution in [0.2, 0.25) is 5.02 Å². The number of rotatable bonds is 5. The van der Waals surface area contributed by atoms with Gasteiger partial charge in [-0.05, 0) is 49.1 Å². The number of nitro benzene ring substituents is 1. The third kappa shape index (κ3) is 5.17. The molecular formula is C23H27ClN4O3. The van der Waals surface area contributed by atoms with Crippen LogP contribution in [0.1, 0.15) is 35.2 Å². The van der Waals surface area contributed by atoms with Gasteiger partial charge in [0.05, 0.1) is 4.92 Å². The fraction of sp³-hybridized carbons (Fsp3) is 0.435. The van der Waals surface area contributed by atoms with Crippen molar-refractivity contribution in [1.82, 2.24) is 9.80 Å². The molecule has 2 heterocycles. The van der Waals surface area contributed by atoms with Crippen molar-refractivity contribution in [2.75, 3.05) is 44.2 Å². The molecule has 0 saturated carbocycles. The van der Waals surface area contributed by atoms with Crippen LogP contribution in [-0.4, -0.2) is 59.9 Å². The predicted molar refractivity (Wildman–Crippen MR) is 122 cm³/mol. The summed E-state index contributed by atoms with van der Waals surface area (Å²) in [5.41, 5.74) is 2.22. The molecule has 164 valence electrons. The van der Waals surface area contributed by atoms with Gasteiger partial charge in [-0.3, -0.25) is 19.8 Å². The van der Waals surface area contributed by atoms with Gasteiger partial charge in [-0.1, -0.05) is 23.7 Å². The zero-order valence-electron chi connectivity index (χ0n) is 17.5. The third-order valence-corrected chi connectivity index (χ3v) is 6.31. The second-order valence-corrected chi connectivity index (χ2v) is 8.64. The largest absolute Gasteiger partial charge is 0.366 e. The van der Waals surface area contributed by atoms with Crippen LogP contribution >= 0.6 is 11.6 Å². The van der Waals surface area contributed by atoms with Crippen LogP contribution in [0, 0.1) is 10.1 Å². The molecule has 0 spiro atoms. The highest BCUT2D eigenvalue weighted by Crippen LogP contribution is 2.32. The summed E-state index contributed by atoms with van der Waals surface area (Å²) in [5, 5.41) is 12.4. The number of halogens is 1. The Bertz CT molecular complexity index is 944. The molecule has 0 unspecified atom stereocenters. The number of nitrogens with zero attached hydrogens (tertiary/aromatic N) is 4. The maximum atomic E-state index is 13.1. The molecule has 2 fully saturated rings. The Hall–Kier alpha value is -2.64. The zero-order valence-corrected chi connectivity index (χ0v) is 18.3. The summed E-state index contributed by atoms with van der Waals surface area (Å²) >= 11 is 5.97. The van der Waals surface area contributed by atoms with Crippen LogP contribution < -0.4 is 4.90 Å². The van der Waals surface area contributed by atoms with Crippen molar-refractivity contribution in [3.8, 4) is 0 Å². The Morgan fingerprint density at radius 3 is 2.39 bits per heavy atom. The van der Waals surface area contributed by atoms with Gasteiger partial charge in [-0.25, -0.2) is 0 Å². The van der Waals surface area contributed by atoms with E-state index in [1.165, 1.54) is 11.6 Å². The molecule has 0 atom stereocenters. The van der Waals surface area contributed by atoms with Crippen molar-refractivity contribution in [1.29, 1.82) is 0 Å². The first-order valence-corrected chi connectivity index (χ1v) is 11.2. The molecule has 31 heavy (non-hydrogen) atoms. The van der Waals surface area contributed by atoms with E-state index in [-0.39, 0.29) is 16.5 Å². The maximum Gasteiger partial charge on any atom is 0.293 e. The fourth-order valence-electron chi connectivity index (χ4n) is 4.39. The van der Waals surface area contributed by atoms with E-state index < -0.39 is 0 Å². The molecule has 0 N–H and O–H groups in total. The number of amides is 1. The van der Waals surface area contributed by atoms with Gasteiger partial charge in [0.15, 0.2) is 0 Å². The highest BCUT2D eigenvalue weighted by Gasteiger charge is 2.26. The summed E-state index contributed by atoms with van der Waals surface area (Å²) in [4.78, 5) is 30.6. The molecule has 2 aromatic rings. The number of hydrogen-bond donors (Lipinski definition) is 0. The van der Waals surface area contributed by atoms with Crippen molar-refractivity contribution >= 4 is 28.9 Å². The molecule has 7 nitrogen and oxygen atoms in total. The highest BCUT2D eigenvalue weighted by atomic mass is 35.5. The number of anilines is 1. The summed E-state index contributed by atoms with van der Waals surface area (Å²) in [5.74, 6) is -0.135. The lowest BCUT2D eigenvalue weighted by Crippen LogP contribution is -2.35. The fourth-order valence-corrected chi connectivity index (χ4v) is 4.52. The van der Waals surface area contributed by atoms with Crippen LogP contribution in [0.3, 0.4) is 0 Å². The Labute approximate surface area is 187 Å². The summed E-state index contributed by atoms with van der Waals surface area (Å²) in [6, 6.07) is 12.8. The molecular weight excluding hydrogens is 416 g/mol. The Kier molecular flexibility index (Phi) is 6.73. The minimum Gasteiger partial charge on any atom is -0.366 e. The van der Waals surface area contributed by atoms with E-state index in [0.717, 1.165) is 57.0 Å². The standard InChI is InChI=1S/C23H27ClN4O3/c24-20-7-4-18(5-8-20)17-25-10-3-13-27(15-14-25)23(29)19-6-9-21(22(16-19)28(30)31)26-11-1-2-12-26/h4-9,16H,1-3,10-15,17H2. The van der Waals surface area contributed by atoms with E-state index in [1.54, 1.807) is 12.1 Å². The summed E-state index contributed by atoms with van der Waals surface area (Å²) in [7, 11) is 0. The van der Waals surface area contributed by atoms with E-state index >= 15 is 0 Å². The molecule has 0 bridgehead atoms. The molecule has 2 aliphatic rings. The molecule has 1 amide bonds. The first-order valence-electron chi connectivity index (χ1n) is 10.8. The third-order valence-electron chi connectivity index (χ3n) is 6.06. The van der Waals surface area contributed by atoms with Gasteiger partial charge in [0.1, 0.15) is 5.69 Å². The van der Waals surface area contributed by atoms with Gasteiger partial charge >= 0.3 is 0 Å². The second-order valence-electron chi connectivity index (χ2n) is 8.20. The summed E-state index contributed by atoms with van der Waals surface area (Å²) in [6.07, 6.45) is 2.95. The van der Waals surface area contributed by atoms with Gasteiger partial charge in [0, 0.05) is 62.5 Å². The van der Waals surface area contributed by atoms with E-state index in [0.29, 0.717) is 24.3 Å². The maximum absolute atomic E-state index is 13.1. The van der Waals surface area contributed by atoms with E-state index in [2.05, 4.69) is 4.90 Å². The molecule has 0 aromatic heterocycles. The van der Waals surface area contributed by atoms with Gasteiger partial charge < -0.3 is 9.80 Å². The lowest BCUT2D eigenvalue weighted by molar-refractivity contribution is -0.384. The molecule has 0 radical (unpaired) electrons. The molecule has 0 aliphatic carbocycles. The topological polar surface area (TPSA) is 69.9 Å². The van der Waals surface area contributed by atoms with Crippen molar-refractivity contribution < 1.29 is 9.72 Å². The van der Waals surface area contributed by atoms with Crippen molar-refractivity contribution in [2.24, 2.45) is 0 Å². The predicted octanol–water partition coefficient (Wildman–Crippen LogP) is 4.20. The first-order chi connectivity index (χ1) is 15.0. The lowest BCUT2D eigenvalue weighted by atomic mass is 10.1. The minimum atomic E-state index is -0.374. The van der Waals surface area contributed by atoms with E-state index in [4.69, 9.17) is 11.6 Å². The molecule has 4 rings (SSSR count). The summed E-state index contributed by atoms with van der Waals surface area (Å²) in [6.45, 7) is 5.39. The second kappa shape index (κ2) is 9.66. The quantitative estimate of drug-likeness (QED) is 0.512.